The molecule has 0 saturated heterocycles. The summed E-state index contributed by atoms with van der Waals surface area (Å²) in [5.74, 6) is -0.169. The van der Waals surface area contributed by atoms with E-state index in [1.54, 1.807) is 0 Å². The van der Waals surface area contributed by atoms with Gasteiger partial charge in [-0.1, -0.05) is 61.8 Å². The molecule has 3 nitrogen and oxygen atoms in total. The number of esters is 1. The van der Waals surface area contributed by atoms with Crippen molar-refractivity contribution in [2.24, 2.45) is 0 Å². The van der Waals surface area contributed by atoms with Gasteiger partial charge in [0.1, 0.15) is 0 Å². The van der Waals surface area contributed by atoms with Crippen molar-refractivity contribution < 1.29 is 14.0 Å². The highest BCUT2D eigenvalue weighted by Gasteiger charge is 2.36. The van der Waals surface area contributed by atoms with Gasteiger partial charge in [-0.25, -0.2) is 4.79 Å². The van der Waals surface area contributed by atoms with Crippen LogP contribution in [0.4, 0.5) is 0 Å². The smallest absolute Gasteiger partial charge is 0.333 e. The fraction of sp³-hybridized carbons (Fsp3) is 0.679. The van der Waals surface area contributed by atoms with Gasteiger partial charge in [0.2, 0.25) is 0 Å². The van der Waals surface area contributed by atoms with Gasteiger partial charge in [0, 0.05) is 5.57 Å². The first-order valence-corrected chi connectivity index (χ1v) is 15.2. The molecule has 0 N–H and O–H groups in total. The standard InChI is InChI=1S/C28H50O3Si/c1-11-30-27(29)26(19-12-15-23(2)3)20-14-18-24(4)16-13-17-25(5)21-22-31-32(9,10)28(6,7)8/h15-16,20-21H,11-14,17-19,22H2,1-10H3/b24-16+,25-21+,26-20+. The van der Waals surface area contributed by atoms with Crippen molar-refractivity contribution in [1.82, 2.24) is 0 Å². The fourth-order valence-electron chi connectivity index (χ4n) is 2.86. The molecule has 0 atom stereocenters. The van der Waals surface area contributed by atoms with Crippen LogP contribution in [0.3, 0.4) is 0 Å². The van der Waals surface area contributed by atoms with Gasteiger partial charge in [-0.2, -0.15) is 0 Å². The van der Waals surface area contributed by atoms with Gasteiger partial charge in [-0.15, -0.1) is 0 Å². The van der Waals surface area contributed by atoms with E-state index >= 15 is 0 Å². The van der Waals surface area contributed by atoms with Crippen molar-refractivity contribution in [2.75, 3.05) is 13.2 Å². The number of ether oxygens (including phenoxy) is 1. The zero-order valence-electron chi connectivity index (χ0n) is 22.7. The summed E-state index contributed by atoms with van der Waals surface area (Å²) >= 11 is 0. The summed E-state index contributed by atoms with van der Waals surface area (Å²) in [4.78, 5) is 12.2. The highest BCUT2D eigenvalue weighted by molar-refractivity contribution is 6.74. The molecule has 0 fully saturated rings. The fourth-order valence-corrected chi connectivity index (χ4v) is 3.79. The Kier molecular flexibility index (Phi) is 14.8. The molecule has 0 spiro atoms. The van der Waals surface area contributed by atoms with Crippen LogP contribution in [0.2, 0.25) is 18.1 Å². The normalized spacial score (nSPS) is 13.9. The van der Waals surface area contributed by atoms with Gasteiger partial charge in [-0.3, -0.25) is 0 Å². The van der Waals surface area contributed by atoms with E-state index in [0.29, 0.717) is 6.61 Å². The second-order valence-corrected chi connectivity index (χ2v) is 15.3. The van der Waals surface area contributed by atoms with Crippen LogP contribution in [0.15, 0.2) is 46.6 Å². The topological polar surface area (TPSA) is 35.5 Å². The molecule has 0 radical (unpaired) electrons. The molecule has 0 aromatic carbocycles. The predicted molar refractivity (Wildman–Crippen MR) is 143 cm³/mol. The lowest BCUT2D eigenvalue weighted by molar-refractivity contribution is -0.138. The number of allylic oxidation sites excluding steroid dienone is 6. The third kappa shape index (κ3) is 13.9. The second kappa shape index (κ2) is 15.4. The molecular weight excluding hydrogens is 412 g/mol. The van der Waals surface area contributed by atoms with Crippen molar-refractivity contribution in [3.05, 3.63) is 46.6 Å². The molecule has 0 aliphatic carbocycles. The van der Waals surface area contributed by atoms with Crippen LogP contribution < -0.4 is 0 Å². The molecule has 0 unspecified atom stereocenters. The molecule has 0 aliphatic rings. The number of carbonyl (C=O) groups excluding carboxylic acids is 1. The quantitative estimate of drug-likeness (QED) is 0.112. The number of hydrogen-bond donors (Lipinski definition) is 0. The Bertz CT molecular complexity index is 684. The molecule has 0 saturated carbocycles. The van der Waals surface area contributed by atoms with Crippen molar-refractivity contribution >= 4 is 14.3 Å². The van der Waals surface area contributed by atoms with Crippen LogP contribution in [-0.2, 0) is 14.0 Å². The van der Waals surface area contributed by atoms with Crippen LogP contribution in [0.25, 0.3) is 0 Å². The lowest BCUT2D eigenvalue weighted by Crippen LogP contribution is -2.40. The number of carbonyl (C=O) groups is 1. The predicted octanol–water partition coefficient (Wildman–Crippen LogP) is 8.70. The summed E-state index contributed by atoms with van der Waals surface area (Å²) in [6, 6.07) is 0. The summed E-state index contributed by atoms with van der Waals surface area (Å²) < 4.78 is 11.5. The summed E-state index contributed by atoms with van der Waals surface area (Å²) in [7, 11) is -1.67. The van der Waals surface area contributed by atoms with Gasteiger partial charge >= 0.3 is 5.97 Å². The van der Waals surface area contributed by atoms with Crippen LogP contribution in [0.5, 0.6) is 0 Å². The zero-order valence-corrected chi connectivity index (χ0v) is 23.7. The van der Waals surface area contributed by atoms with Crippen molar-refractivity contribution in [3.8, 4) is 0 Å². The van der Waals surface area contributed by atoms with Gasteiger partial charge in [-0.05, 0) is 91.3 Å². The highest BCUT2D eigenvalue weighted by Crippen LogP contribution is 2.36. The third-order valence-electron chi connectivity index (χ3n) is 6.15. The minimum Gasteiger partial charge on any atom is -0.463 e. The lowest BCUT2D eigenvalue weighted by Gasteiger charge is -2.35. The molecule has 0 aliphatic heterocycles. The van der Waals surface area contributed by atoms with Crippen LogP contribution in [0.1, 0.15) is 93.9 Å². The van der Waals surface area contributed by atoms with E-state index in [0.717, 1.165) is 50.7 Å². The van der Waals surface area contributed by atoms with E-state index in [1.165, 1.54) is 16.7 Å². The molecule has 0 rings (SSSR count). The van der Waals surface area contributed by atoms with Gasteiger partial charge in [0.05, 0.1) is 13.2 Å². The van der Waals surface area contributed by atoms with Gasteiger partial charge < -0.3 is 9.16 Å². The minimum atomic E-state index is -1.67. The zero-order chi connectivity index (χ0) is 24.8. The Morgan fingerprint density at radius 2 is 1.34 bits per heavy atom. The summed E-state index contributed by atoms with van der Waals surface area (Å²) in [6.45, 7) is 23.0. The van der Waals surface area contributed by atoms with Crippen LogP contribution in [0, 0.1) is 0 Å². The molecule has 184 valence electrons. The summed E-state index contributed by atoms with van der Waals surface area (Å²) in [5.41, 5.74) is 4.84. The Balaban J connectivity index is 4.58. The maximum Gasteiger partial charge on any atom is 0.333 e. The molecule has 0 aromatic rings. The summed E-state index contributed by atoms with van der Waals surface area (Å²) in [5, 5.41) is 0.252. The molecule has 4 heteroatoms. The van der Waals surface area contributed by atoms with Gasteiger partial charge in [0.15, 0.2) is 8.32 Å². The van der Waals surface area contributed by atoms with E-state index in [-0.39, 0.29) is 11.0 Å². The summed E-state index contributed by atoms with van der Waals surface area (Å²) in [6.07, 6.45) is 14.4. The monoisotopic (exact) mass is 462 g/mol. The lowest BCUT2D eigenvalue weighted by atomic mass is 10.0. The van der Waals surface area contributed by atoms with E-state index in [9.17, 15) is 4.79 Å². The molecule has 0 amide bonds. The van der Waals surface area contributed by atoms with Crippen molar-refractivity contribution in [2.45, 2.75) is 112 Å². The van der Waals surface area contributed by atoms with Gasteiger partial charge in [0.25, 0.3) is 0 Å². The Morgan fingerprint density at radius 3 is 1.88 bits per heavy atom. The molecule has 0 heterocycles. The highest BCUT2D eigenvalue weighted by atomic mass is 28.4. The Labute approximate surface area is 200 Å². The number of rotatable bonds is 14. The molecule has 32 heavy (non-hydrogen) atoms. The first-order chi connectivity index (χ1) is 14.8. The third-order valence-corrected chi connectivity index (χ3v) is 10.6. The van der Waals surface area contributed by atoms with Crippen LogP contribution >= 0.6 is 0 Å². The average Bonchev–Trinajstić information content (AvgIpc) is 2.65. The molecule has 0 bridgehead atoms. The van der Waals surface area contributed by atoms with E-state index in [2.05, 4.69) is 85.9 Å². The molecule has 0 aromatic heterocycles. The Hall–Kier alpha value is -1.39. The largest absolute Gasteiger partial charge is 0.463 e. The average molecular weight is 463 g/mol. The second-order valence-electron chi connectivity index (χ2n) is 10.5. The van der Waals surface area contributed by atoms with E-state index in [1.807, 2.05) is 6.92 Å². The first kappa shape index (κ1) is 30.6. The SMILES string of the molecule is CCOC(=O)/C(=C/CC/C(C)=C/CC/C(C)=C/CO[Si](C)(C)C(C)(C)C)CCC=C(C)C. The number of hydrogen-bond acceptors (Lipinski definition) is 3. The maximum absolute atomic E-state index is 12.2. The van der Waals surface area contributed by atoms with E-state index < -0.39 is 8.32 Å². The van der Waals surface area contributed by atoms with Crippen LogP contribution in [-0.4, -0.2) is 27.5 Å². The van der Waals surface area contributed by atoms with Crippen molar-refractivity contribution in [1.29, 1.82) is 0 Å². The minimum absolute atomic E-state index is 0.169. The van der Waals surface area contributed by atoms with E-state index in [4.69, 9.17) is 9.16 Å². The Morgan fingerprint density at radius 1 is 0.812 bits per heavy atom. The van der Waals surface area contributed by atoms with Crippen molar-refractivity contribution in [3.63, 3.8) is 0 Å². The molecular formula is C28H50O3Si. The first-order valence-electron chi connectivity index (χ1n) is 12.2. The maximum atomic E-state index is 12.2.